The summed E-state index contributed by atoms with van der Waals surface area (Å²) in [6.07, 6.45) is 4.03. The second-order valence-corrected chi connectivity index (χ2v) is 6.19. The standard InChI is InChI=1S/C17H19N3O2S/c1-4-22-17(21)15(10-20)14-7-11(2)5-6-13(14)16(23-3)12(8-18)9-19/h11,13H,4-7H2,1-3H3/b15-14+/t11-,13-/m0/s1. The Kier molecular flexibility index (Phi) is 7.39. The number of allylic oxidation sites excluding steroid dienone is 3. The highest BCUT2D eigenvalue weighted by atomic mass is 32.2. The van der Waals surface area contributed by atoms with Gasteiger partial charge in [-0.25, -0.2) is 4.79 Å². The molecule has 0 aromatic carbocycles. The van der Waals surface area contributed by atoms with Gasteiger partial charge in [-0.1, -0.05) is 6.92 Å². The highest BCUT2D eigenvalue weighted by Crippen LogP contribution is 2.43. The zero-order valence-electron chi connectivity index (χ0n) is 13.5. The SMILES string of the molecule is CCOC(=O)/C(C#N)=C1\C[C@@H](C)CC[C@@H]1C(SC)=C(C#N)C#N. The first kappa shape index (κ1) is 18.8. The summed E-state index contributed by atoms with van der Waals surface area (Å²) in [7, 11) is 0. The summed E-state index contributed by atoms with van der Waals surface area (Å²) in [6.45, 7) is 3.95. The topological polar surface area (TPSA) is 97.7 Å². The van der Waals surface area contributed by atoms with Crippen LogP contribution in [-0.4, -0.2) is 18.8 Å². The van der Waals surface area contributed by atoms with Crippen LogP contribution in [0.15, 0.2) is 21.6 Å². The molecule has 1 saturated carbocycles. The summed E-state index contributed by atoms with van der Waals surface area (Å²) in [5.74, 6) is -0.524. The van der Waals surface area contributed by atoms with Crippen molar-refractivity contribution in [3.05, 3.63) is 21.6 Å². The maximum absolute atomic E-state index is 12.1. The normalized spacial score (nSPS) is 22.1. The molecule has 5 nitrogen and oxygen atoms in total. The van der Waals surface area contributed by atoms with Gasteiger partial charge < -0.3 is 4.74 Å². The lowest BCUT2D eigenvalue weighted by molar-refractivity contribution is -0.138. The van der Waals surface area contributed by atoms with Crippen LogP contribution in [-0.2, 0) is 9.53 Å². The zero-order chi connectivity index (χ0) is 17.4. The molecule has 0 spiro atoms. The number of hydrogen-bond acceptors (Lipinski definition) is 6. The molecule has 1 aliphatic carbocycles. The summed E-state index contributed by atoms with van der Waals surface area (Å²) in [5, 5.41) is 27.8. The number of nitriles is 3. The van der Waals surface area contributed by atoms with Gasteiger partial charge in [-0.15, -0.1) is 11.8 Å². The molecule has 0 saturated heterocycles. The van der Waals surface area contributed by atoms with E-state index >= 15 is 0 Å². The molecular formula is C17H19N3O2S. The van der Waals surface area contributed by atoms with E-state index in [0.29, 0.717) is 29.2 Å². The number of rotatable bonds is 4. The Balaban J connectivity index is 3.48. The number of nitrogens with zero attached hydrogens (tertiary/aromatic N) is 3. The van der Waals surface area contributed by atoms with E-state index in [2.05, 4.69) is 6.92 Å². The second kappa shape index (κ2) is 9.03. The van der Waals surface area contributed by atoms with E-state index < -0.39 is 5.97 Å². The van der Waals surface area contributed by atoms with Crippen LogP contribution < -0.4 is 0 Å². The van der Waals surface area contributed by atoms with Crippen molar-refractivity contribution in [2.24, 2.45) is 11.8 Å². The van der Waals surface area contributed by atoms with E-state index in [4.69, 9.17) is 15.3 Å². The van der Waals surface area contributed by atoms with E-state index in [9.17, 15) is 10.1 Å². The number of carbonyl (C=O) groups excluding carboxylic acids is 1. The summed E-state index contributed by atoms with van der Waals surface area (Å²) < 4.78 is 4.99. The van der Waals surface area contributed by atoms with Crippen molar-refractivity contribution in [3.8, 4) is 18.2 Å². The molecule has 0 bridgehead atoms. The maximum Gasteiger partial charge on any atom is 0.348 e. The van der Waals surface area contributed by atoms with E-state index in [0.717, 1.165) is 6.42 Å². The minimum absolute atomic E-state index is 0.0187. The number of ether oxygens (including phenoxy) is 1. The van der Waals surface area contributed by atoms with Gasteiger partial charge in [0, 0.05) is 10.8 Å². The van der Waals surface area contributed by atoms with Crippen LogP contribution in [0.25, 0.3) is 0 Å². The van der Waals surface area contributed by atoms with E-state index in [-0.39, 0.29) is 23.7 Å². The molecule has 0 N–H and O–H groups in total. The largest absolute Gasteiger partial charge is 0.462 e. The maximum atomic E-state index is 12.1. The van der Waals surface area contributed by atoms with Gasteiger partial charge in [-0.3, -0.25) is 0 Å². The van der Waals surface area contributed by atoms with Gasteiger partial charge >= 0.3 is 5.97 Å². The Bertz CT molecular complexity index is 643. The molecule has 0 unspecified atom stereocenters. The molecule has 120 valence electrons. The lowest BCUT2D eigenvalue weighted by atomic mass is 9.76. The molecule has 0 aliphatic heterocycles. The molecule has 0 aromatic rings. The predicted octanol–water partition coefficient (Wildman–Crippen LogP) is 3.47. The van der Waals surface area contributed by atoms with Crippen molar-refractivity contribution in [3.63, 3.8) is 0 Å². The Morgan fingerprint density at radius 1 is 1.26 bits per heavy atom. The smallest absolute Gasteiger partial charge is 0.348 e. The molecule has 6 heteroatoms. The van der Waals surface area contributed by atoms with Gasteiger partial charge in [0.05, 0.1) is 6.61 Å². The van der Waals surface area contributed by atoms with Crippen LogP contribution in [0.2, 0.25) is 0 Å². The molecule has 0 radical (unpaired) electrons. The lowest BCUT2D eigenvalue weighted by Gasteiger charge is -2.31. The molecule has 1 fully saturated rings. The number of carbonyl (C=O) groups is 1. The van der Waals surface area contributed by atoms with Gasteiger partial charge in [0.25, 0.3) is 0 Å². The third kappa shape index (κ3) is 4.38. The van der Waals surface area contributed by atoms with Gasteiger partial charge in [-0.05, 0) is 43.9 Å². The molecule has 23 heavy (non-hydrogen) atoms. The van der Waals surface area contributed by atoms with E-state index in [1.54, 1.807) is 13.2 Å². The average Bonchev–Trinajstić information content (AvgIpc) is 2.54. The fraction of sp³-hybridized carbons (Fsp3) is 0.529. The van der Waals surface area contributed by atoms with Gasteiger partial charge in [0.2, 0.25) is 0 Å². The second-order valence-electron chi connectivity index (χ2n) is 5.34. The quantitative estimate of drug-likeness (QED) is 0.445. The Hall–Kier alpha value is -2.23. The molecule has 1 aliphatic rings. The third-order valence-electron chi connectivity index (χ3n) is 3.86. The Morgan fingerprint density at radius 2 is 1.91 bits per heavy atom. The van der Waals surface area contributed by atoms with Crippen molar-refractivity contribution in [2.75, 3.05) is 12.9 Å². The molecule has 0 heterocycles. The van der Waals surface area contributed by atoms with Crippen LogP contribution in [0.5, 0.6) is 0 Å². The summed E-state index contributed by atoms with van der Waals surface area (Å²) in [4.78, 5) is 12.7. The van der Waals surface area contributed by atoms with Crippen molar-refractivity contribution >= 4 is 17.7 Å². The van der Waals surface area contributed by atoms with Gasteiger partial charge in [0.15, 0.2) is 0 Å². The Labute approximate surface area is 141 Å². The van der Waals surface area contributed by atoms with Crippen molar-refractivity contribution in [1.29, 1.82) is 15.8 Å². The first-order valence-corrected chi connectivity index (χ1v) is 8.64. The first-order valence-electron chi connectivity index (χ1n) is 7.42. The minimum atomic E-state index is -0.625. The van der Waals surface area contributed by atoms with Crippen LogP contribution in [0.1, 0.15) is 33.1 Å². The minimum Gasteiger partial charge on any atom is -0.462 e. The Morgan fingerprint density at radius 3 is 2.39 bits per heavy atom. The van der Waals surface area contributed by atoms with Crippen molar-refractivity contribution in [1.82, 2.24) is 0 Å². The van der Waals surface area contributed by atoms with Crippen LogP contribution in [0.3, 0.4) is 0 Å². The lowest BCUT2D eigenvalue weighted by Crippen LogP contribution is -2.22. The van der Waals surface area contributed by atoms with Gasteiger partial charge in [-0.2, -0.15) is 15.8 Å². The molecule has 1 rings (SSSR count). The highest BCUT2D eigenvalue weighted by Gasteiger charge is 2.32. The summed E-state index contributed by atoms with van der Waals surface area (Å²) >= 11 is 1.33. The molecule has 0 amide bonds. The predicted molar refractivity (Wildman–Crippen MR) is 87.5 cm³/mol. The van der Waals surface area contributed by atoms with E-state index in [1.165, 1.54) is 11.8 Å². The zero-order valence-corrected chi connectivity index (χ0v) is 14.4. The summed E-state index contributed by atoms with van der Waals surface area (Å²) in [5.41, 5.74) is 0.762. The van der Waals surface area contributed by atoms with Gasteiger partial charge in [0.1, 0.15) is 29.4 Å². The van der Waals surface area contributed by atoms with Crippen molar-refractivity contribution in [2.45, 2.75) is 33.1 Å². The molecular weight excluding hydrogens is 310 g/mol. The third-order valence-corrected chi connectivity index (χ3v) is 4.78. The van der Waals surface area contributed by atoms with Crippen molar-refractivity contribution < 1.29 is 9.53 Å². The molecule has 0 aromatic heterocycles. The molecule has 2 atom stereocenters. The number of esters is 1. The first-order chi connectivity index (χ1) is 11.0. The number of hydrogen-bond donors (Lipinski definition) is 0. The van der Waals surface area contributed by atoms with Crippen LogP contribution in [0.4, 0.5) is 0 Å². The fourth-order valence-electron chi connectivity index (χ4n) is 2.82. The fourth-order valence-corrected chi connectivity index (χ4v) is 3.66. The van der Waals surface area contributed by atoms with Crippen LogP contribution >= 0.6 is 11.8 Å². The number of thioether (sulfide) groups is 1. The van der Waals surface area contributed by atoms with Crippen LogP contribution in [0, 0.1) is 45.8 Å². The highest BCUT2D eigenvalue weighted by molar-refractivity contribution is 8.02. The monoisotopic (exact) mass is 329 g/mol. The average molecular weight is 329 g/mol. The van der Waals surface area contributed by atoms with E-state index in [1.807, 2.05) is 18.2 Å². The summed E-state index contributed by atoms with van der Waals surface area (Å²) in [6, 6.07) is 5.81.